The number of nitrogens with zero attached hydrogens (tertiary/aromatic N) is 2. The molecule has 2 heteroatoms. The van der Waals surface area contributed by atoms with Crippen LogP contribution in [0.3, 0.4) is 0 Å². The van der Waals surface area contributed by atoms with E-state index in [0.717, 1.165) is 19.6 Å². The molecule has 0 aliphatic carbocycles. The second kappa shape index (κ2) is 5.99. The average molecular weight is 182 g/mol. The lowest BCUT2D eigenvalue weighted by Gasteiger charge is -2.24. The number of nitriles is 1. The van der Waals surface area contributed by atoms with Gasteiger partial charge < -0.3 is 4.90 Å². The fraction of sp³-hybridized carbons (Fsp3) is 0.909. The van der Waals surface area contributed by atoms with Gasteiger partial charge in [-0.15, -0.1) is 0 Å². The summed E-state index contributed by atoms with van der Waals surface area (Å²) in [4.78, 5) is 2.34. The molecule has 0 bridgehead atoms. The summed E-state index contributed by atoms with van der Waals surface area (Å²) in [5.41, 5.74) is 0.403. The summed E-state index contributed by atoms with van der Waals surface area (Å²) in [5.74, 6) is 0. The largest absolute Gasteiger partial charge is 0.303 e. The quantitative estimate of drug-likeness (QED) is 0.653. The SMILES string of the molecule is CCN(CCC#N)CCC(C)(C)C. The first-order chi connectivity index (χ1) is 5.99. The molecule has 0 aromatic rings. The van der Waals surface area contributed by atoms with Gasteiger partial charge in [-0.25, -0.2) is 0 Å². The van der Waals surface area contributed by atoms with E-state index in [0.29, 0.717) is 11.8 Å². The molecule has 2 nitrogen and oxygen atoms in total. The van der Waals surface area contributed by atoms with Crippen molar-refractivity contribution < 1.29 is 0 Å². The highest BCUT2D eigenvalue weighted by molar-refractivity contribution is 4.73. The van der Waals surface area contributed by atoms with Gasteiger partial charge >= 0.3 is 0 Å². The lowest BCUT2D eigenvalue weighted by atomic mass is 9.92. The van der Waals surface area contributed by atoms with E-state index in [1.165, 1.54) is 6.42 Å². The fourth-order valence-electron chi connectivity index (χ4n) is 1.13. The molecule has 0 aromatic carbocycles. The molecule has 0 amide bonds. The molecule has 0 rings (SSSR count). The first-order valence-electron chi connectivity index (χ1n) is 5.09. The predicted molar refractivity (Wildman–Crippen MR) is 56.4 cm³/mol. The van der Waals surface area contributed by atoms with Crippen LogP contribution in [-0.2, 0) is 0 Å². The van der Waals surface area contributed by atoms with Crippen LogP contribution in [0.5, 0.6) is 0 Å². The maximum atomic E-state index is 8.46. The van der Waals surface area contributed by atoms with E-state index >= 15 is 0 Å². The molecule has 0 aliphatic heterocycles. The van der Waals surface area contributed by atoms with E-state index in [-0.39, 0.29) is 0 Å². The van der Waals surface area contributed by atoms with Gasteiger partial charge in [-0.2, -0.15) is 5.26 Å². The number of hydrogen-bond donors (Lipinski definition) is 0. The summed E-state index contributed by atoms with van der Waals surface area (Å²) >= 11 is 0. The van der Waals surface area contributed by atoms with Gasteiger partial charge in [0.2, 0.25) is 0 Å². The Labute approximate surface area is 82.5 Å². The Morgan fingerprint density at radius 3 is 2.23 bits per heavy atom. The zero-order valence-corrected chi connectivity index (χ0v) is 9.43. The van der Waals surface area contributed by atoms with Gasteiger partial charge in [-0.1, -0.05) is 27.7 Å². The Morgan fingerprint density at radius 1 is 1.23 bits per heavy atom. The minimum atomic E-state index is 0.403. The second-order valence-electron chi connectivity index (χ2n) is 4.65. The standard InChI is InChI=1S/C11H22N2/c1-5-13(9-6-8-12)10-7-11(2,3)4/h5-7,9-10H2,1-4H3. The molecule has 0 heterocycles. The van der Waals surface area contributed by atoms with Crippen LogP contribution in [0.15, 0.2) is 0 Å². The van der Waals surface area contributed by atoms with E-state index < -0.39 is 0 Å². The molecule has 0 saturated heterocycles. The van der Waals surface area contributed by atoms with E-state index in [1.807, 2.05) is 0 Å². The maximum Gasteiger partial charge on any atom is 0.0635 e. The van der Waals surface area contributed by atoms with Crippen molar-refractivity contribution in [1.82, 2.24) is 4.90 Å². The van der Waals surface area contributed by atoms with E-state index in [9.17, 15) is 0 Å². The molecule has 13 heavy (non-hydrogen) atoms. The molecule has 0 saturated carbocycles. The zero-order valence-electron chi connectivity index (χ0n) is 9.43. The molecule has 0 spiro atoms. The predicted octanol–water partition coefficient (Wildman–Crippen LogP) is 2.66. The summed E-state index contributed by atoms with van der Waals surface area (Å²) in [6.45, 7) is 12.0. The first kappa shape index (κ1) is 12.4. The molecule has 0 N–H and O–H groups in total. The van der Waals surface area contributed by atoms with E-state index in [2.05, 4.69) is 38.7 Å². The number of rotatable bonds is 5. The van der Waals surface area contributed by atoms with Gasteiger partial charge in [0.1, 0.15) is 0 Å². The molecule has 0 radical (unpaired) electrons. The third-order valence-corrected chi connectivity index (χ3v) is 2.17. The minimum Gasteiger partial charge on any atom is -0.303 e. The Morgan fingerprint density at radius 2 is 1.85 bits per heavy atom. The summed E-state index contributed by atoms with van der Waals surface area (Å²) in [7, 11) is 0. The fourth-order valence-corrected chi connectivity index (χ4v) is 1.13. The van der Waals surface area contributed by atoms with Crippen molar-refractivity contribution in [3.05, 3.63) is 0 Å². The minimum absolute atomic E-state index is 0.403. The summed E-state index contributed by atoms with van der Waals surface area (Å²) in [6.07, 6.45) is 1.85. The topological polar surface area (TPSA) is 27.0 Å². The molecule has 0 aliphatic rings. The van der Waals surface area contributed by atoms with Gasteiger partial charge in [0, 0.05) is 13.0 Å². The lowest BCUT2D eigenvalue weighted by molar-refractivity contribution is 0.240. The van der Waals surface area contributed by atoms with Crippen LogP contribution < -0.4 is 0 Å². The van der Waals surface area contributed by atoms with Crippen molar-refractivity contribution in [2.75, 3.05) is 19.6 Å². The van der Waals surface area contributed by atoms with Crippen LogP contribution in [0, 0.1) is 16.7 Å². The molecule has 76 valence electrons. The maximum absolute atomic E-state index is 8.46. The van der Waals surface area contributed by atoms with Crippen molar-refractivity contribution in [2.45, 2.75) is 40.5 Å². The van der Waals surface area contributed by atoms with E-state index in [4.69, 9.17) is 5.26 Å². The van der Waals surface area contributed by atoms with Gasteiger partial charge in [0.25, 0.3) is 0 Å². The Balaban J connectivity index is 3.67. The summed E-state index contributed by atoms with van der Waals surface area (Å²) in [5, 5.41) is 8.46. The van der Waals surface area contributed by atoms with Gasteiger partial charge in [0.15, 0.2) is 0 Å². The highest BCUT2D eigenvalue weighted by Crippen LogP contribution is 2.18. The third-order valence-electron chi connectivity index (χ3n) is 2.17. The molecule has 0 aromatic heterocycles. The normalized spacial score (nSPS) is 11.7. The van der Waals surface area contributed by atoms with Crippen LogP contribution in [0.4, 0.5) is 0 Å². The van der Waals surface area contributed by atoms with Crippen molar-refractivity contribution in [3.63, 3.8) is 0 Å². The highest BCUT2D eigenvalue weighted by Gasteiger charge is 2.11. The Hall–Kier alpha value is -0.550. The van der Waals surface area contributed by atoms with Crippen LogP contribution in [0.2, 0.25) is 0 Å². The van der Waals surface area contributed by atoms with Crippen molar-refractivity contribution in [1.29, 1.82) is 5.26 Å². The molecule has 0 unspecified atom stereocenters. The molecular weight excluding hydrogens is 160 g/mol. The summed E-state index contributed by atoms with van der Waals surface area (Å²) < 4.78 is 0. The smallest absolute Gasteiger partial charge is 0.0635 e. The zero-order chi connectivity index (χ0) is 10.3. The first-order valence-corrected chi connectivity index (χ1v) is 5.09. The second-order valence-corrected chi connectivity index (χ2v) is 4.65. The number of hydrogen-bond acceptors (Lipinski definition) is 2. The van der Waals surface area contributed by atoms with Crippen molar-refractivity contribution in [3.8, 4) is 6.07 Å². The average Bonchev–Trinajstić information content (AvgIpc) is 2.03. The summed E-state index contributed by atoms with van der Waals surface area (Å²) in [6, 6.07) is 2.19. The third kappa shape index (κ3) is 7.80. The van der Waals surface area contributed by atoms with Gasteiger partial charge in [-0.3, -0.25) is 0 Å². The lowest BCUT2D eigenvalue weighted by Crippen LogP contribution is -2.28. The molecule has 0 atom stereocenters. The highest BCUT2D eigenvalue weighted by atomic mass is 15.1. The van der Waals surface area contributed by atoms with Gasteiger partial charge in [0.05, 0.1) is 6.07 Å². The van der Waals surface area contributed by atoms with Crippen molar-refractivity contribution in [2.24, 2.45) is 5.41 Å². The van der Waals surface area contributed by atoms with Crippen LogP contribution in [0.25, 0.3) is 0 Å². The Kier molecular flexibility index (Phi) is 5.73. The van der Waals surface area contributed by atoms with Crippen LogP contribution >= 0.6 is 0 Å². The Bertz CT molecular complexity index is 162. The van der Waals surface area contributed by atoms with Crippen molar-refractivity contribution >= 4 is 0 Å². The van der Waals surface area contributed by atoms with Crippen LogP contribution in [-0.4, -0.2) is 24.5 Å². The van der Waals surface area contributed by atoms with Gasteiger partial charge in [-0.05, 0) is 24.9 Å². The van der Waals surface area contributed by atoms with E-state index in [1.54, 1.807) is 0 Å². The van der Waals surface area contributed by atoms with Crippen LogP contribution in [0.1, 0.15) is 40.5 Å². The monoisotopic (exact) mass is 182 g/mol. The molecule has 0 fully saturated rings. The molecular formula is C11H22N2.